The number of nitrogens with one attached hydrogen (secondary N) is 1. The zero-order valence-corrected chi connectivity index (χ0v) is 12.3. The Morgan fingerprint density at radius 1 is 1.25 bits per heavy atom. The van der Waals surface area contributed by atoms with Gasteiger partial charge in [-0.2, -0.15) is 0 Å². The van der Waals surface area contributed by atoms with Gasteiger partial charge < -0.3 is 0 Å². The largest absolute Gasteiger partial charge is 0.271 e. The van der Waals surface area contributed by atoms with E-state index >= 15 is 0 Å². The molecule has 0 heterocycles. The molecule has 0 aliphatic heterocycles. The standard InChI is InChI=1S/C16H24F2N2/c1-16(2)6-4-3-5-14(16)15(20-19)9-11-7-12(17)10-13(18)8-11/h7-8,10,14-15,20H,3-6,9,19H2,1-2H3. The lowest BCUT2D eigenvalue weighted by Gasteiger charge is -2.43. The Labute approximate surface area is 119 Å². The van der Waals surface area contributed by atoms with Crippen LogP contribution in [0.3, 0.4) is 0 Å². The Balaban J connectivity index is 2.15. The van der Waals surface area contributed by atoms with Crippen LogP contribution < -0.4 is 11.3 Å². The first kappa shape index (κ1) is 15.4. The molecule has 20 heavy (non-hydrogen) atoms. The van der Waals surface area contributed by atoms with E-state index in [0.717, 1.165) is 12.5 Å². The molecule has 3 N–H and O–H groups in total. The van der Waals surface area contributed by atoms with Crippen molar-refractivity contribution in [3.63, 3.8) is 0 Å². The maximum atomic E-state index is 13.3. The van der Waals surface area contributed by atoms with Crippen molar-refractivity contribution in [2.75, 3.05) is 0 Å². The quantitative estimate of drug-likeness (QED) is 0.654. The second kappa shape index (κ2) is 6.19. The SMILES string of the molecule is CC1(C)CCCCC1C(Cc1cc(F)cc(F)c1)NN. The van der Waals surface area contributed by atoms with Gasteiger partial charge in [-0.15, -0.1) is 0 Å². The lowest BCUT2D eigenvalue weighted by molar-refractivity contribution is 0.0981. The van der Waals surface area contributed by atoms with Gasteiger partial charge in [-0.1, -0.05) is 26.7 Å². The highest BCUT2D eigenvalue weighted by Gasteiger charge is 2.37. The second-order valence-electron chi connectivity index (χ2n) is 6.60. The Hall–Kier alpha value is -1.00. The van der Waals surface area contributed by atoms with E-state index < -0.39 is 11.6 Å². The van der Waals surface area contributed by atoms with Gasteiger partial charge in [0.15, 0.2) is 0 Å². The van der Waals surface area contributed by atoms with Crippen LogP contribution >= 0.6 is 0 Å². The summed E-state index contributed by atoms with van der Waals surface area (Å²) in [6.45, 7) is 4.51. The summed E-state index contributed by atoms with van der Waals surface area (Å²) in [5.41, 5.74) is 3.74. The number of hydrazine groups is 1. The van der Waals surface area contributed by atoms with Crippen LogP contribution in [0.5, 0.6) is 0 Å². The van der Waals surface area contributed by atoms with Gasteiger partial charge in [-0.3, -0.25) is 11.3 Å². The highest BCUT2D eigenvalue weighted by molar-refractivity contribution is 5.19. The van der Waals surface area contributed by atoms with Crippen molar-refractivity contribution in [2.24, 2.45) is 17.2 Å². The average Bonchev–Trinajstić information content (AvgIpc) is 2.35. The summed E-state index contributed by atoms with van der Waals surface area (Å²) in [7, 11) is 0. The summed E-state index contributed by atoms with van der Waals surface area (Å²) in [6, 6.07) is 3.73. The molecule has 1 aromatic carbocycles. The molecule has 2 nitrogen and oxygen atoms in total. The lowest BCUT2D eigenvalue weighted by Crippen LogP contribution is -2.48. The van der Waals surface area contributed by atoms with Gasteiger partial charge in [0.2, 0.25) is 0 Å². The molecule has 0 bridgehead atoms. The minimum Gasteiger partial charge on any atom is -0.271 e. The first-order chi connectivity index (χ1) is 9.42. The molecule has 0 amide bonds. The predicted octanol–water partition coefficient (Wildman–Crippen LogP) is 3.56. The van der Waals surface area contributed by atoms with Gasteiger partial charge in [0, 0.05) is 12.1 Å². The molecule has 0 radical (unpaired) electrons. The highest BCUT2D eigenvalue weighted by atomic mass is 19.1. The van der Waals surface area contributed by atoms with Gasteiger partial charge in [0.25, 0.3) is 0 Å². The minimum absolute atomic E-state index is 0.0477. The monoisotopic (exact) mass is 282 g/mol. The molecule has 0 aromatic heterocycles. The summed E-state index contributed by atoms with van der Waals surface area (Å²) in [5.74, 6) is 5.08. The van der Waals surface area contributed by atoms with Crippen LogP contribution in [0.25, 0.3) is 0 Å². The first-order valence-corrected chi connectivity index (χ1v) is 7.33. The minimum atomic E-state index is -0.529. The van der Waals surface area contributed by atoms with E-state index in [1.165, 1.54) is 31.4 Å². The Kier molecular flexibility index (Phi) is 4.76. The molecule has 1 fully saturated rings. The number of halogens is 2. The molecule has 112 valence electrons. The van der Waals surface area contributed by atoms with Crippen molar-refractivity contribution in [3.8, 4) is 0 Å². The molecule has 2 rings (SSSR count). The zero-order valence-electron chi connectivity index (χ0n) is 12.3. The van der Waals surface area contributed by atoms with Crippen molar-refractivity contribution < 1.29 is 8.78 Å². The van der Waals surface area contributed by atoms with Crippen LogP contribution in [0.1, 0.15) is 45.1 Å². The van der Waals surface area contributed by atoms with Crippen LogP contribution in [0.4, 0.5) is 8.78 Å². The fraction of sp³-hybridized carbons (Fsp3) is 0.625. The van der Waals surface area contributed by atoms with Crippen molar-refractivity contribution in [1.82, 2.24) is 5.43 Å². The normalized spacial score (nSPS) is 23.6. The Morgan fingerprint density at radius 2 is 1.90 bits per heavy atom. The van der Waals surface area contributed by atoms with E-state index in [1.807, 2.05) is 0 Å². The fourth-order valence-electron chi connectivity index (χ4n) is 3.57. The van der Waals surface area contributed by atoms with Crippen molar-refractivity contribution in [3.05, 3.63) is 35.4 Å². The fourth-order valence-corrected chi connectivity index (χ4v) is 3.57. The molecule has 1 saturated carbocycles. The van der Waals surface area contributed by atoms with Crippen molar-refractivity contribution in [1.29, 1.82) is 0 Å². The van der Waals surface area contributed by atoms with E-state index in [2.05, 4.69) is 19.3 Å². The molecule has 1 aliphatic rings. The third-order valence-electron chi connectivity index (χ3n) is 4.67. The summed E-state index contributed by atoms with van der Waals surface area (Å²) in [5, 5.41) is 0. The van der Waals surface area contributed by atoms with Crippen LogP contribution in [0.15, 0.2) is 18.2 Å². The molecule has 0 spiro atoms. The summed E-state index contributed by atoms with van der Waals surface area (Å²) in [4.78, 5) is 0. The number of nitrogens with two attached hydrogens (primary N) is 1. The zero-order chi connectivity index (χ0) is 14.8. The number of rotatable bonds is 4. The van der Waals surface area contributed by atoms with E-state index in [-0.39, 0.29) is 11.5 Å². The van der Waals surface area contributed by atoms with E-state index in [9.17, 15) is 8.78 Å². The molecule has 2 unspecified atom stereocenters. The summed E-state index contributed by atoms with van der Waals surface area (Å²) < 4.78 is 26.6. The third kappa shape index (κ3) is 3.55. The topological polar surface area (TPSA) is 38.0 Å². The van der Waals surface area contributed by atoms with Crippen LogP contribution in [0.2, 0.25) is 0 Å². The molecule has 1 aromatic rings. The predicted molar refractivity (Wildman–Crippen MR) is 76.9 cm³/mol. The van der Waals surface area contributed by atoms with E-state index in [0.29, 0.717) is 17.9 Å². The highest BCUT2D eigenvalue weighted by Crippen LogP contribution is 2.42. The lowest BCUT2D eigenvalue weighted by atomic mass is 9.65. The van der Waals surface area contributed by atoms with Gasteiger partial charge in [0.1, 0.15) is 11.6 Å². The maximum Gasteiger partial charge on any atom is 0.126 e. The van der Waals surface area contributed by atoms with Gasteiger partial charge in [-0.25, -0.2) is 8.78 Å². The Morgan fingerprint density at radius 3 is 2.45 bits per heavy atom. The summed E-state index contributed by atoms with van der Waals surface area (Å²) in [6.07, 6.45) is 5.28. The van der Waals surface area contributed by atoms with Crippen LogP contribution in [0, 0.1) is 23.0 Å². The summed E-state index contributed by atoms with van der Waals surface area (Å²) >= 11 is 0. The molecule has 2 atom stereocenters. The third-order valence-corrected chi connectivity index (χ3v) is 4.67. The number of hydrogen-bond acceptors (Lipinski definition) is 2. The van der Waals surface area contributed by atoms with E-state index in [4.69, 9.17) is 5.84 Å². The van der Waals surface area contributed by atoms with Crippen LogP contribution in [-0.2, 0) is 6.42 Å². The van der Waals surface area contributed by atoms with Crippen molar-refractivity contribution >= 4 is 0 Å². The van der Waals surface area contributed by atoms with Gasteiger partial charge in [0.05, 0.1) is 0 Å². The van der Waals surface area contributed by atoms with Gasteiger partial charge in [-0.05, 0) is 48.3 Å². The molecule has 1 aliphatic carbocycles. The van der Waals surface area contributed by atoms with Crippen molar-refractivity contribution in [2.45, 2.75) is 52.0 Å². The number of hydrogen-bond donors (Lipinski definition) is 2. The molecule has 4 heteroatoms. The van der Waals surface area contributed by atoms with Gasteiger partial charge >= 0.3 is 0 Å². The molecule has 0 saturated heterocycles. The average molecular weight is 282 g/mol. The molecular weight excluding hydrogens is 258 g/mol. The number of benzene rings is 1. The van der Waals surface area contributed by atoms with E-state index in [1.54, 1.807) is 0 Å². The first-order valence-electron chi connectivity index (χ1n) is 7.33. The smallest absolute Gasteiger partial charge is 0.126 e. The van der Waals surface area contributed by atoms with Crippen LogP contribution in [-0.4, -0.2) is 6.04 Å². The molecular formula is C16H24F2N2. The Bertz CT molecular complexity index is 440. The maximum absolute atomic E-state index is 13.3. The second-order valence-corrected chi connectivity index (χ2v) is 6.60.